The molecule has 2 N–H and O–H groups in total. The van der Waals surface area contributed by atoms with Crippen molar-refractivity contribution in [3.8, 4) is 11.5 Å². The summed E-state index contributed by atoms with van der Waals surface area (Å²) >= 11 is 0. The van der Waals surface area contributed by atoms with Crippen molar-refractivity contribution in [1.82, 2.24) is 10.6 Å². The zero-order valence-corrected chi connectivity index (χ0v) is 12.8. The van der Waals surface area contributed by atoms with Crippen LogP contribution >= 0.6 is 0 Å². The van der Waals surface area contributed by atoms with Crippen molar-refractivity contribution < 1.29 is 14.3 Å². The number of amides is 1. The predicted molar refractivity (Wildman–Crippen MR) is 81.7 cm³/mol. The van der Waals surface area contributed by atoms with Crippen molar-refractivity contribution in [2.24, 2.45) is 0 Å². The fourth-order valence-corrected chi connectivity index (χ4v) is 2.53. The van der Waals surface area contributed by atoms with E-state index in [9.17, 15) is 4.79 Å². The van der Waals surface area contributed by atoms with Gasteiger partial charge >= 0.3 is 0 Å². The molecule has 0 spiro atoms. The van der Waals surface area contributed by atoms with Crippen LogP contribution in [-0.4, -0.2) is 32.2 Å². The van der Waals surface area contributed by atoms with E-state index in [1.807, 2.05) is 25.1 Å². The summed E-state index contributed by atoms with van der Waals surface area (Å²) in [5.74, 6) is 1.51. The van der Waals surface area contributed by atoms with Crippen LogP contribution < -0.4 is 20.1 Å². The first-order chi connectivity index (χ1) is 10.2. The monoisotopic (exact) mass is 292 g/mol. The Morgan fingerprint density at radius 2 is 2.29 bits per heavy atom. The number of hydrogen-bond donors (Lipinski definition) is 2. The molecule has 116 valence electrons. The van der Waals surface area contributed by atoms with Gasteiger partial charge in [-0.1, -0.05) is 6.07 Å². The Labute approximate surface area is 126 Å². The molecule has 2 rings (SSSR count). The van der Waals surface area contributed by atoms with Crippen molar-refractivity contribution in [2.75, 3.05) is 20.3 Å². The molecule has 1 heterocycles. The molecule has 1 aliphatic heterocycles. The molecule has 1 amide bonds. The summed E-state index contributed by atoms with van der Waals surface area (Å²) in [4.78, 5) is 11.9. The zero-order chi connectivity index (χ0) is 15.1. The first-order valence-electron chi connectivity index (χ1n) is 7.52. The van der Waals surface area contributed by atoms with Gasteiger partial charge in [-0.25, -0.2) is 0 Å². The third-order valence-corrected chi connectivity index (χ3v) is 3.61. The molecule has 1 fully saturated rings. The van der Waals surface area contributed by atoms with E-state index in [0.29, 0.717) is 37.1 Å². The summed E-state index contributed by atoms with van der Waals surface area (Å²) in [6, 6.07) is 6.05. The SMILES string of the molecule is CCOc1cc(CNC(=O)CC2CCCN2)ccc1OC. The van der Waals surface area contributed by atoms with Crippen LogP contribution in [0.15, 0.2) is 18.2 Å². The van der Waals surface area contributed by atoms with E-state index >= 15 is 0 Å². The number of benzene rings is 1. The highest BCUT2D eigenvalue weighted by Gasteiger charge is 2.17. The van der Waals surface area contributed by atoms with Gasteiger partial charge in [-0.05, 0) is 44.0 Å². The normalized spacial score (nSPS) is 17.5. The zero-order valence-electron chi connectivity index (χ0n) is 12.8. The Bertz CT molecular complexity index is 471. The number of carbonyl (C=O) groups is 1. The lowest BCUT2D eigenvalue weighted by Crippen LogP contribution is -2.31. The van der Waals surface area contributed by atoms with Crippen molar-refractivity contribution >= 4 is 5.91 Å². The molecular formula is C16H24N2O3. The van der Waals surface area contributed by atoms with Crippen LogP contribution in [0.4, 0.5) is 0 Å². The van der Waals surface area contributed by atoms with Crippen molar-refractivity contribution in [3.05, 3.63) is 23.8 Å². The van der Waals surface area contributed by atoms with Gasteiger partial charge in [0.2, 0.25) is 5.91 Å². The van der Waals surface area contributed by atoms with Gasteiger partial charge in [-0.3, -0.25) is 4.79 Å². The Hall–Kier alpha value is -1.75. The third-order valence-electron chi connectivity index (χ3n) is 3.61. The second-order valence-electron chi connectivity index (χ2n) is 5.19. The predicted octanol–water partition coefficient (Wildman–Crippen LogP) is 1.85. The van der Waals surface area contributed by atoms with Gasteiger partial charge in [0.1, 0.15) is 0 Å². The number of methoxy groups -OCH3 is 1. The average Bonchev–Trinajstić information content (AvgIpc) is 2.98. The third kappa shape index (κ3) is 4.63. The van der Waals surface area contributed by atoms with Gasteiger partial charge in [0, 0.05) is 19.0 Å². The van der Waals surface area contributed by atoms with E-state index in [1.165, 1.54) is 0 Å². The topological polar surface area (TPSA) is 59.6 Å². The van der Waals surface area contributed by atoms with Crippen molar-refractivity contribution in [2.45, 2.75) is 38.8 Å². The number of rotatable bonds is 7. The summed E-state index contributed by atoms with van der Waals surface area (Å²) in [7, 11) is 1.62. The number of carbonyl (C=O) groups excluding carboxylic acids is 1. The number of hydrogen-bond acceptors (Lipinski definition) is 4. The number of ether oxygens (including phenoxy) is 2. The van der Waals surface area contributed by atoms with E-state index in [2.05, 4.69) is 10.6 Å². The fourth-order valence-electron chi connectivity index (χ4n) is 2.53. The molecule has 1 aromatic carbocycles. The Morgan fingerprint density at radius 3 is 2.95 bits per heavy atom. The van der Waals surface area contributed by atoms with Gasteiger partial charge in [0.15, 0.2) is 11.5 Å². The van der Waals surface area contributed by atoms with E-state index in [4.69, 9.17) is 9.47 Å². The lowest BCUT2D eigenvalue weighted by Gasteiger charge is -2.13. The highest BCUT2D eigenvalue weighted by molar-refractivity contribution is 5.76. The smallest absolute Gasteiger partial charge is 0.221 e. The lowest BCUT2D eigenvalue weighted by molar-refractivity contribution is -0.121. The Kier molecular flexibility index (Phi) is 5.87. The Balaban J connectivity index is 1.87. The standard InChI is InChI=1S/C16H24N2O3/c1-3-21-15-9-12(6-7-14(15)20-2)11-18-16(19)10-13-5-4-8-17-13/h6-7,9,13,17H,3-5,8,10-11H2,1-2H3,(H,18,19). The van der Waals surface area contributed by atoms with Gasteiger partial charge in [-0.2, -0.15) is 0 Å². The molecule has 1 aliphatic rings. The van der Waals surface area contributed by atoms with Crippen LogP contribution in [0.1, 0.15) is 31.7 Å². The summed E-state index contributed by atoms with van der Waals surface area (Å²) in [5, 5.41) is 6.29. The van der Waals surface area contributed by atoms with E-state index < -0.39 is 0 Å². The highest BCUT2D eigenvalue weighted by Crippen LogP contribution is 2.27. The maximum atomic E-state index is 11.9. The summed E-state index contributed by atoms with van der Waals surface area (Å²) in [5.41, 5.74) is 1.01. The van der Waals surface area contributed by atoms with Crippen LogP contribution in [0.5, 0.6) is 11.5 Å². The van der Waals surface area contributed by atoms with Gasteiger partial charge in [0.05, 0.1) is 13.7 Å². The molecule has 5 heteroatoms. The maximum absolute atomic E-state index is 11.9. The largest absolute Gasteiger partial charge is 0.493 e. The summed E-state index contributed by atoms with van der Waals surface area (Å²) < 4.78 is 10.8. The van der Waals surface area contributed by atoms with Crippen LogP contribution in [0.3, 0.4) is 0 Å². The first kappa shape index (κ1) is 15.6. The lowest BCUT2D eigenvalue weighted by atomic mass is 10.1. The molecule has 1 aromatic rings. The highest BCUT2D eigenvalue weighted by atomic mass is 16.5. The van der Waals surface area contributed by atoms with Crippen LogP contribution in [0, 0.1) is 0 Å². The molecular weight excluding hydrogens is 268 g/mol. The summed E-state index contributed by atoms with van der Waals surface area (Å²) in [6.45, 7) is 4.05. The minimum Gasteiger partial charge on any atom is -0.493 e. The number of nitrogens with one attached hydrogen (secondary N) is 2. The molecule has 0 radical (unpaired) electrons. The fraction of sp³-hybridized carbons (Fsp3) is 0.562. The molecule has 1 saturated heterocycles. The molecule has 0 bridgehead atoms. The van der Waals surface area contributed by atoms with Crippen molar-refractivity contribution in [3.63, 3.8) is 0 Å². The average molecular weight is 292 g/mol. The van der Waals surface area contributed by atoms with Crippen molar-refractivity contribution in [1.29, 1.82) is 0 Å². The Morgan fingerprint density at radius 1 is 1.43 bits per heavy atom. The molecule has 5 nitrogen and oxygen atoms in total. The molecule has 0 saturated carbocycles. The molecule has 0 aromatic heterocycles. The second kappa shape index (κ2) is 7.88. The second-order valence-corrected chi connectivity index (χ2v) is 5.19. The first-order valence-corrected chi connectivity index (χ1v) is 7.52. The van der Waals surface area contributed by atoms with E-state index in [0.717, 1.165) is 24.9 Å². The maximum Gasteiger partial charge on any atom is 0.221 e. The van der Waals surface area contributed by atoms with Crippen LogP contribution in [0.2, 0.25) is 0 Å². The van der Waals surface area contributed by atoms with Gasteiger partial charge in [0.25, 0.3) is 0 Å². The van der Waals surface area contributed by atoms with Crippen LogP contribution in [-0.2, 0) is 11.3 Å². The summed E-state index contributed by atoms with van der Waals surface area (Å²) in [6.07, 6.45) is 2.80. The minimum absolute atomic E-state index is 0.0863. The molecule has 1 unspecified atom stereocenters. The van der Waals surface area contributed by atoms with Gasteiger partial charge in [-0.15, -0.1) is 0 Å². The molecule has 0 aliphatic carbocycles. The van der Waals surface area contributed by atoms with E-state index in [1.54, 1.807) is 7.11 Å². The van der Waals surface area contributed by atoms with E-state index in [-0.39, 0.29) is 5.91 Å². The minimum atomic E-state index is 0.0863. The molecule has 1 atom stereocenters. The van der Waals surface area contributed by atoms with Crippen LogP contribution in [0.25, 0.3) is 0 Å². The quantitative estimate of drug-likeness (QED) is 0.805. The van der Waals surface area contributed by atoms with Gasteiger partial charge < -0.3 is 20.1 Å². The molecule has 21 heavy (non-hydrogen) atoms.